The van der Waals surface area contributed by atoms with E-state index in [9.17, 15) is 14.4 Å². The van der Waals surface area contributed by atoms with Gasteiger partial charge in [0.2, 0.25) is 12.3 Å². The summed E-state index contributed by atoms with van der Waals surface area (Å²) in [6, 6.07) is 11.5. The van der Waals surface area contributed by atoms with Crippen molar-refractivity contribution >= 4 is 35.0 Å². The van der Waals surface area contributed by atoms with Crippen molar-refractivity contribution < 1.29 is 14.4 Å². The molecule has 0 bridgehead atoms. The lowest BCUT2D eigenvalue weighted by molar-refractivity contribution is -0.119. The minimum absolute atomic E-state index is 0.225. The van der Waals surface area contributed by atoms with Crippen molar-refractivity contribution in [1.29, 1.82) is 0 Å². The van der Waals surface area contributed by atoms with E-state index in [1.165, 1.54) is 0 Å². The zero-order valence-corrected chi connectivity index (χ0v) is 14.2. The van der Waals surface area contributed by atoms with E-state index in [1.54, 1.807) is 23.4 Å². The number of nitrogens with zero attached hydrogens (tertiary/aromatic N) is 2. The van der Waals surface area contributed by atoms with Crippen LogP contribution in [0.2, 0.25) is 0 Å². The minimum atomic E-state index is -0.352. The van der Waals surface area contributed by atoms with Gasteiger partial charge in [-0.1, -0.05) is 36.0 Å². The van der Waals surface area contributed by atoms with Gasteiger partial charge in [0.25, 0.3) is 5.24 Å². The number of hydrogen-bond donors (Lipinski definition) is 1. The number of nitrogens with one attached hydrogen (secondary N) is 1. The summed E-state index contributed by atoms with van der Waals surface area (Å²) in [5, 5.41) is 1.66. The molecule has 1 aromatic heterocycles. The molecule has 0 saturated carbocycles. The molecule has 0 unspecified atom stereocenters. The highest BCUT2D eigenvalue weighted by atomic mass is 32.2. The lowest BCUT2D eigenvalue weighted by Gasteiger charge is -2.17. The molecule has 1 atom stereocenters. The van der Waals surface area contributed by atoms with Crippen molar-refractivity contribution in [3.05, 3.63) is 59.9 Å². The molecular formula is C18H17N3O3S. The first-order valence-electron chi connectivity index (χ1n) is 7.87. The smallest absolute Gasteiger partial charge is 0.286 e. The number of imide groups is 1. The summed E-state index contributed by atoms with van der Waals surface area (Å²) in [6.45, 7) is 0.559. The quantitative estimate of drug-likeness (QED) is 0.770. The average Bonchev–Trinajstić information content (AvgIpc) is 2.95. The number of hydrogen-bond acceptors (Lipinski definition) is 5. The van der Waals surface area contributed by atoms with Crippen molar-refractivity contribution in [3.8, 4) is 0 Å². The van der Waals surface area contributed by atoms with E-state index in [-0.39, 0.29) is 16.4 Å². The number of benzene rings is 1. The van der Waals surface area contributed by atoms with Crippen molar-refractivity contribution in [1.82, 2.24) is 10.3 Å². The maximum Gasteiger partial charge on any atom is 0.286 e. The molecule has 25 heavy (non-hydrogen) atoms. The Hall–Kier alpha value is -2.67. The van der Waals surface area contributed by atoms with Gasteiger partial charge >= 0.3 is 0 Å². The number of thioether (sulfide) groups is 1. The van der Waals surface area contributed by atoms with E-state index < -0.39 is 0 Å². The molecule has 6 nitrogen and oxygen atoms in total. The molecule has 0 radical (unpaired) electrons. The van der Waals surface area contributed by atoms with Crippen LogP contribution in [-0.2, 0) is 22.4 Å². The zero-order valence-electron chi connectivity index (χ0n) is 13.4. The summed E-state index contributed by atoms with van der Waals surface area (Å²) >= 11 is 1.04. The average molecular weight is 355 g/mol. The predicted octanol–water partition coefficient (Wildman–Crippen LogP) is 2.18. The van der Waals surface area contributed by atoms with Gasteiger partial charge in [0, 0.05) is 12.7 Å². The molecule has 7 heteroatoms. The molecule has 3 rings (SSSR count). The van der Waals surface area contributed by atoms with E-state index in [2.05, 4.69) is 10.3 Å². The Morgan fingerprint density at radius 1 is 1.16 bits per heavy atom. The van der Waals surface area contributed by atoms with Crippen LogP contribution in [-0.4, -0.2) is 34.3 Å². The standard InChI is InChI=1S/C18H17N3O3S/c22-12-21(15-2-1-8-19-11-15)9-7-13-3-5-14(6-4-13)10-16-17(23)20-18(24)25-16/h1-6,8,11-12,16H,7,9-10H2,(H,20,23,24)/t16-/m1/s1. The Kier molecular flexibility index (Phi) is 5.45. The largest absolute Gasteiger partial charge is 0.313 e. The first kappa shape index (κ1) is 17.2. The Morgan fingerprint density at radius 2 is 1.92 bits per heavy atom. The van der Waals surface area contributed by atoms with E-state index in [4.69, 9.17) is 0 Å². The SMILES string of the molecule is O=CN(CCc1ccc(C[C@H]2SC(=O)NC2=O)cc1)c1cccnc1. The first-order valence-corrected chi connectivity index (χ1v) is 8.75. The van der Waals surface area contributed by atoms with Crippen LogP contribution in [0.4, 0.5) is 10.5 Å². The van der Waals surface area contributed by atoms with Crippen LogP contribution in [0.5, 0.6) is 0 Å². The lowest BCUT2D eigenvalue weighted by Crippen LogP contribution is -2.25. The molecule has 1 N–H and O–H groups in total. The topological polar surface area (TPSA) is 79.4 Å². The number of anilines is 1. The lowest BCUT2D eigenvalue weighted by atomic mass is 10.0. The number of pyridine rings is 1. The van der Waals surface area contributed by atoms with Crippen LogP contribution in [0.3, 0.4) is 0 Å². The molecule has 2 aromatic rings. The van der Waals surface area contributed by atoms with Gasteiger partial charge in [-0.3, -0.25) is 24.7 Å². The highest BCUT2D eigenvalue weighted by Gasteiger charge is 2.31. The van der Waals surface area contributed by atoms with Gasteiger partial charge in [-0.15, -0.1) is 0 Å². The molecular weight excluding hydrogens is 338 g/mol. The molecule has 1 aromatic carbocycles. The third kappa shape index (κ3) is 4.45. The zero-order chi connectivity index (χ0) is 17.6. The van der Waals surface area contributed by atoms with Crippen molar-refractivity contribution in [2.75, 3.05) is 11.4 Å². The van der Waals surface area contributed by atoms with Crippen LogP contribution < -0.4 is 10.2 Å². The fourth-order valence-corrected chi connectivity index (χ4v) is 3.46. The number of carbonyl (C=O) groups excluding carboxylic acids is 3. The van der Waals surface area contributed by atoms with Gasteiger partial charge in [-0.2, -0.15) is 0 Å². The van der Waals surface area contributed by atoms with Crippen molar-refractivity contribution in [2.24, 2.45) is 0 Å². The molecule has 1 fully saturated rings. The monoisotopic (exact) mass is 355 g/mol. The molecule has 1 saturated heterocycles. The molecule has 128 valence electrons. The van der Waals surface area contributed by atoms with E-state index in [0.29, 0.717) is 19.4 Å². The van der Waals surface area contributed by atoms with Gasteiger partial charge in [-0.05, 0) is 36.1 Å². The minimum Gasteiger partial charge on any atom is -0.313 e. The Balaban J connectivity index is 1.56. The Labute approximate surface area is 149 Å². The van der Waals surface area contributed by atoms with E-state index in [1.807, 2.05) is 30.3 Å². The fraction of sp³-hybridized carbons (Fsp3) is 0.222. The van der Waals surface area contributed by atoms with Crippen LogP contribution in [0, 0.1) is 0 Å². The van der Waals surface area contributed by atoms with Crippen LogP contribution in [0.25, 0.3) is 0 Å². The Morgan fingerprint density at radius 3 is 2.52 bits per heavy atom. The second-order valence-electron chi connectivity index (χ2n) is 5.66. The summed E-state index contributed by atoms with van der Waals surface area (Å²) in [4.78, 5) is 39.7. The summed E-state index contributed by atoms with van der Waals surface area (Å²) in [7, 11) is 0. The first-order chi connectivity index (χ1) is 12.2. The maximum absolute atomic E-state index is 11.6. The summed E-state index contributed by atoms with van der Waals surface area (Å²) in [5.41, 5.74) is 2.87. The molecule has 1 aliphatic heterocycles. The summed E-state index contributed by atoms with van der Waals surface area (Å²) < 4.78 is 0. The molecule has 1 aliphatic rings. The van der Waals surface area contributed by atoms with Gasteiger partial charge in [0.15, 0.2) is 0 Å². The molecule has 3 amide bonds. The predicted molar refractivity (Wildman–Crippen MR) is 96.4 cm³/mol. The van der Waals surface area contributed by atoms with Crippen LogP contribution in [0.15, 0.2) is 48.8 Å². The van der Waals surface area contributed by atoms with Gasteiger partial charge < -0.3 is 4.90 Å². The van der Waals surface area contributed by atoms with Crippen molar-refractivity contribution in [3.63, 3.8) is 0 Å². The molecule has 2 heterocycles. The molecule has 0 spiro atoms. The van der Waals surface area contributed by atoms with E-state index >= 15 is 0 Å². The highest BCUT2D eigenvalue weighted by Crippen LogP contribution is 2.23. The highest BCUT2D eigenvalue weighted by molar-refractivity contribution is 8.15. The third-order valence-electron chi connectivity index (χ3n) is 3.96. The van der Waals surface area contributed by atoms with E-state index in [0.717, 1.165) is 35.0 Å². The van der Waals surface area contributed by atoms with Crippen LogP contribution >= 0.6 is 11.8 Å². The number of rotatable bonds is 7. The second-order valence-corrected chi connectivity index (χ2v) is 6.84. The van der Waals surface area contributed by atoms with Crippen molar-refractivity contribution in [2.45, 2.75) is 18.1 Å². The number of aromatic nitrogens is 1. The van der Waals surface area contributed by atoms with Gasteiger partial charge in [0.05, 0.1) is 17.1 Å². The van der Waals surface area contributed by atoms with Gasteiger partial charge in [0.1, 0.15) is 0 Å². The second kappa shape index (κ2) is 7.94. The summed E-state index contributed by atoms with van der Waals surface area (Å²) in [5.74, 6) is -0.225. The molecule has 0 aliphatic carbocycles. The third-order valence-corrected chi connectivity index (χ3v) is 4.94. The summed E-state index contributed by atoms with van der Waals surface area (Å²) in [6.07, 6.45) is 5.37. The van der Waals surface area contributed by atoms with Gasteiger partial charge in [-0.25, -0.2) is 0 Å². The number of amides is 3. The maximum atomic E-state index is 11.6. The Bertz CT molecular complexity index is 765. The normalized spacial score (nSPS) is 16.6. The number of carbonyl (C=O) groups is 3. The van der Waals surface area contributed by atoms with Crippen LogP contribution in [0.1, 0.15) is 11.1 Å². The fourth-order valence-electron chi connectivity index (χ4n) is 2.60.